The summed E-state index contributed by atoms with van der Waals surface area (Å²) >= 11 is 0. The molecule has 0 aliphatic carbocycles. The highest BCUT2D eigenvalue weighted by Gasteiger charge is 2.44. The van der Waals surface area contributed by atoms with Crippen molar-refractivity contribution >= 4 is 6.09 Å². The fourth-order valence-electron chi connectivity index (χ4n) is 3.50. The van der Waals surface area contributed by atoms with Crippen LogP contribution in [0.15, 0.2) is 0 Å². The van der Waals surface area contributed by atoms with Gasteiger partial charge < -0.3 is 14.7 Å². The maximum absolute atomic E-state index is 14.8. The second kappa shape index (κ2) is 6.23. The number of aromatic nitrogens is 2. The van der Waals surface area contributed by atoms with Crippen LogP contribution in [0.2, 0.25) is 0 Å². The van der Waals surface area contributed by atoms with Gasteiger partial charge in [0.15, 0.2) is 0 Å². The number of aliphatic hydroxyl groups excluding tert-OH is 1. The van der Waals surface area contributed by atoms with Crippen molar-refractivity contribution in [2.24, 2.45) is 5.92 Å². The molecule has 6 nitrogen and oxygen atoms in total. The molecule has 0 saturated heterocycles. The second-order valence-corrected chi connectivity index (χ2v) is 7.89. The van der Waals surface area contributed by atoms with Gasteiger partial charge in [0, 0.05) is 38.1 Å². The summed E-state index contributed by atoms with van der Waals surface area (Å²) in [5.41, 5.74) is 0.329. The van der Waals surface area contributed by atoms with E-state index < -0.39 is 30.0 Å². The molecule has 8 heteroatoms. The topological polar surface area (TPSA) is 67.6 Å². The first-order valence-corrected chi connectivity index (χ1v) is 8.66. The van der Waals surface area contributed by atoms with E-state index in [1.54, 1.807) is 20.8 Å². The summed E-state index contributed by atoms with van der Waals surface area (Å²) in [6.45, 7) is 5.91. The van der Waals surface area contributed by atoms with E-state index in [0.29, 0.717) is 37.2 Å². The Morgan fingerprint density at radius 3 is 2.76 bits per heavy atom. The predicted molar refractivity (Wildman–Crippen MR) is 86.3 cm³/mol. The third-order valence-corrected chi connectivity index (χ3v) is 4.65. The molecule has 1 N–H and O–H groups in total. The zero-order valence-electron chi connectivity index (χ0n) is 14.9. The smallest absolute Gasteiger partial charge is 0.410 e. The largest absolute Gasteiger partial charge is 0.444 e. The van der Waals surface area contributed by atoms with Crippen molar-refractivity contribution in [2.45, 2.75) is 64.6 Å². The lowest BCUT2D eigenvalue weighted by Crippen LogP contribution is -2.40. The molecule has 0 radical (unpaired) electrons. The Balaban J connectivity index is 1.88. The van der Waals surface area contributed by atoms with E-state index in [1.165, 1.54) is 9.58 Å². The molecule has 2 aliphatic rings. The Hall–Kier alpha value is -1.70. The molecule has 0 saturated carbocycles. The highest BCUT2D eigenvalue weighted by Crippen LogP contribution is 2.42. The van der Waals surface area contributed by atoms with Gasteiger partial charge in [0.05, 0.1) is 12.2 Å². The molecule has 140 valence electrons. The van der Waals surface area contributed by atoms with Gasteiger partial charge in [-0.2, -0.15) is 13.9 Å². The fraction of sp³-hybridized carbons (Fsp3) is 0.765. The van der Waals surface area contributed by atoms with Crippen LogP contribution in [0.4, 0.5) is 13.6 Å². The number of ether oxygens (including phenoxy) is 1. The quantitative estimate of drug-likeness (QED) is 0.839. The highest BCUT2D eigenvalue weighted by molar-refractivity contribution is 5.68. The lowest BCUT2D eigenvalue weighted by molar-refractivity contribution is -0.0389. The number of hydrogen-bond donors (Lipinski definition) is 1. The zero-order chi connectivity index (χ0) is 18.4. The molecule has 25 heavy (non-hydrogen) atoms. The van der Waals surface area contributed by atoms with Crippen molar-refractivity contribution in [2.75, 3.05) is 13.2 Å². The van der Waals surface area contributed by atoms with Gasteiger partial charge in [-0.3, -0.25) is 4.68 Å². The van der Waals surface area contributed by atoms with Gasteiger partial charge in [0.1, 0.15) is 11.3 Å². The van der Waals surface area contributed by atoms with E-state index in [0.717, 1.165) is 0 Å². The lowest BCUT2D eigenvalue weighted by Gasteiger charge is -2.30. The van der Waals surface area contributed by atoms with Crippen LogP contribution in [0.25, 0.3) is 0 Å². The van der Waals surface area contributed by atoms with Crippen LogP contribution >= 0.6 is 0 Å². The van der Waals surface area contributed by atoms with E-state index >= 15 is 0 Å². The van der Waals surface area contributed by atoms with E-state index in [1.807, 2.05) is 0 Å². The lowest BCUT2D eigenvalue weighted by atomic mass is 9.95. The first kappa shape index (κ1) is 18.1. The van der Waals surface area contributed by atoms with Gasteiger partial charge >= 0.3 is 6.09 Å². The molecule has 0 spiro atoms. The second-order valence-electron chi connectivity index (χ2n) is 7.89. The van der Waals surface area contributed by atoms with E-state index in [-0.39, 0.29) is 18.8 Å². The summed E-state index contributed by atoms with van der Waals surface area (Å²) in [5.74, 6) is -3.51. The van der Waals surface area contributed by atoms with Crippen molar-refractivity contribution in [3.8, 4) is 0 Å². The summed E-state index contributed by atoms with van der Waals surface area (Å²) in [4.78, 5) is 13.8. The highest BCUT2D eigenvalue weighted by atomic mass is 19.3. The molecular weight excluding hydrogens is 332 g/mol. The van der Waals surface area contributed by atoms with Gasteiger partial charge in [-0.15, -0.1) is 0 Å². The van der Waals surface area contributed by atoms with Crippen molar-refractivity contribution in [3.63, 3.8) is 0 Å². The predicted octanol–water partition coefficient (Wildman–Crippen LogP) is 2.67. The van der Waals surface area contributed by atoms with Gasteiger partial charge in [-0.05, 0) is 33.1 Å². The minimum atomic E-state index is -3.07. The molecule has 0 bridgehead atoms. The minimum Gasteiger partial charge on any atom is -0.444 e. The number of halogens is 2. The number of carbonyl (C=O) groups excluding carboxylic acids is 1. The van der Waals surface area contributed by atoms with Crippen molar-refractivity contribution in [1.29, 1.82) is 0 Å². The molecule has 2 aliphatic heterocycles. The van der Waals surface area contributed by atoms with E-state index in [2.05, 4.69) is 5.10 Å². The first-order chi connectivity index (χ1) is 11.6. The number of amides is 1. The number of rotatable bonds is 1. The Kier molecular flexibility index (Phi) is 4.51. The normalized spacial score (nSPS) is 22.8. The summed E-state index contributed by atoms with van der Waals surface area (Å²) < 4.78 is 36.4. The van der Waals surface area contributed by atoms with Gasteiger partial charge in [-0.1, -0.05) is 0 Å². The molecule has 0 unspecified atom stereocenters. The number of fused-ring (bicyclic) bond motifs is 3. The van der Waals surface area contributed by atoms with Crippen molar-refractivity contribution in [1.82, 2.24) is 14.7 Å². The third-order valence-electron chi connectivity index (χ3n) is 4.65. The number of aliphatic hydroxyl groups is 1. The Labute approximate surface area is 145 Å². The Bertz CT molecular complexity index is 667. The number of nitrogens with zero attached hydrogens (tertiary/aromatic N) is 3. The molecule has 1 atom stereocenters. The molecular formula is C17H25F2N3O3. The summed E-state index contributed by atoms with van der Waals surface area (Å²) in [5, 5.41) is 13.7. The standard InChI is InChI=1S/C17H25F2N3O3/c1-16(2,3)25-15(24)21-6-5-13-12(9-21)14-17(18,19)8-11(10-23)4-7-22(14)20-13/h11,23H,4-10H2,1-3H3/t11-/m0/s1. The molecule has 3 rings (SSSR count). The van der Waals surface area contributed by atoms with Gasteiger partial charge in [0.2, 0.25) is 0 Å². The number of carbonyl (C=O) groups is 1. The van der Waals surface area contributed by atoms with Gasteiger partial charge in [0.25, 0.3) is 5.92 Å². The van der Waals surface area contributed by atoms with Crippen LogP contribution in [-0.4, -0.2) is 44.6 Å². The molecule has 0 aromatic carbocycles. The van der Waals surface area contributed by atoms with Crippen LogP contribution in [-0.2, 0) is 30.2 Å². The average molecular weight is 357 g/mol. The maximum Gasteiger partial charge on any atom is 0.410 e. The Morgan fingerprint density at radius 2 is 2.12 bits per heavy atom. The van der Waals surface area contributed by atoms with Crippen molar-refractivity contribution < 1.29 is 23.4 Å². The maximum atomic E-state index is 14.8. The van der Waals surface area contributed by atoms with E-state index in [4.69, 9.17) is 4.74 Å². The van der Waals surface area contributed by atoms with Crippen LogP contribution in [0.1, 0.15) is 50.6 Å². The number of aryl methyl sites for hydroxylation is 1. The first-order valence-electron chi connectivity index (χ1n) is 8.66. The monoisotopic (exact) mass is 357 g/mol. The molecule has 1 amide bonds. The minimum absolute atomic E-state index is 0.0823. The number of hydrogen-bond acceptors (Lipinski definition) is 4. The summed E-state index contributed by atoms with van der Waals surface area (Å²) in [6.07, 6.45) is 0.0145. The van der Waals surface area contributed by atoms with Crippen LogP contribution < -0.4 is 0 Å². The summed E-state index contributed by atoms with van der Waals surface area (Å²) in [7, 11) is 0. The third kappa shape index (κ3) is 3.63. The summed E-state index contributed by atoms with van der Waals surface area (Å²) in [6, 6.07) is 0. The molecule has 1 aromatic heterocycles. The fourth-order valence-corrected chi connectivity index (χ4v) is 3.50. The molecule has 0 fully saturated rings. The van der Waals surface area contributed by atoms with Crippen LogP contribution in [0, 0.1) is 5.92 Å². The van der Waals surface area contributed by atoms with Crippen molar-refractivity contribution in [3.05, 3.63) is 17.0 Å². The number of alkyl halides is 2. The van der Waals surface area contributed by atoms with Gasteiger partial charge in [-0.25, -0.2) is 4.79 Å². The van der Waals surface area contributed by atoms with Crippen LogP contribution in [0.5, 0.6) is 0 Å². The molecule has 1 aromatic rings. The Morgan fingerprint density at radius 1 is 1.40 bits per heavy atom. The average Bonchev–Trinajstić information content (AvgIpc) is 2.81. The van der Waals surface area contributed by atoms with Crippen LogP contribution in [0.3, 0.4) is 0 Å². The van der Waals surface area contributed by atoms with E-state index in [9.17, 15) is 18.7 Å². The molecule has 3 heterocycles. The SMILES string of the molecule is CC(C)(C)OC(=O)N1CCc2nn3c(c2C1)C(F)(F)C[C@@H](CO)CC3. The zero-order valence-corrected chi connectivity index (χ0v) is 14.9.